The molecule has 3 unspecified atom stereocenters. The quantitative estimate of drug-likeness (QED) is 0.729. The van der Waals surface area contributed by atoms with E-state index in [2.05, 4.69) is 33.0 Å². The summed E-state index contributed by atoms with van der Waals surface area (Å²) in [6.45, 7) is 12.6. The van der Waals surface area contributed by atoms with E-state index in [1.165, 1.54) is 4.31 Å². The Morgan fingerprint density at radius 1 is 1.29 bits per heavy atom. The van der Waals surface area contributed by atoms with Crippen molar-refractivity contribution in [3.8, 4) is 0 Å². The van der Waals surface area contributed by atoms with E-state index in [0.717, 1.165) is 19.4 Å². The maximum Gasteiger partial charge on any atom is 0.281 e. The molecule has 6 heteroatoms. The molecule has 126 valence electrons. The second-order valence-corrected chi connectivity index (χ2v) is 8.91. The van der Waals surface area contributed by atoms with E-state index in [-0.39, 0.29) is 6.04 Å². The molecule has 0 spiro atoms. The van der Waals surface area contributed by atoms with Gasteiger partial charge < -0.3 is 5.32 Å². The summed E-state index contributed by atoms with van der Waals surface area (Å²) in [7, 11) is -1.64. The summed E-state index contributed by atoms with van der Waals surface area (Å²) in [6.07, 6.45) is 1.94. The topological polar surface area (TPSA) is 52.7 Å². The normalized spacial score (nSPS) is 28.5. The van der Waals surface area contributed by atoms with Crippen LogP contribution >= 0.6 is 0 Å². The van der Waals surface area contributed by atoms with E-state index < -0.39 is 10.2 Å². The first-order chi connectivity index (χ1) is 9.66. The predicted molar refractivity (Wildman–Crippen MR) is 88.4 cm³/mol. The molecule has 0 aromatic heterocycles. The van der Waals surface area contributed by atoms with Gasteiger partial charge in [-0.2, -0.15) is 17.0 Å². The zero-order chi connectivity index (χ0) is 16.2. The molecule has 0 aromatic rings. The van der Waals surface area contributed by atoms with Crippen LogP contribution in [0.5, 0.6) is 0 Å². The lowest BCUT2D eigenvalue weighted by molar-refractivity contribution is 0.149. The summed E-state index contributed by atoms with van der Waals surface area (Å²) in [6, 6.07) is 0.526. The van der Waals surface area contributed by atoms with Crippen molar-refractivity contribution in [2.24, 2.45) is 11.8 Å². The minimum Gasteiger partial charge on any atom is -0.314 e. The summed E-state index contributed by atoms with van der Waals surface area (Å²) in [5.41, 5.74) is 0. The lowest BCUT2D eigenvalue weighted by Gasteiger charge is -2.41. The van der Waals surface area contributed by atoms with Gasteiger partial charge >= 0.3 is 0 Å². The molecule has 1 fully saturated rings. The Morgan fingerprint density at radius 2 is 1.90 bits per heavy atom. The molecular formula is C15H33N3O2S. The molecule has 0 aromatic carbocycles. The van der Waals surface area contributed by atoms with Crippen LogP contribution in [0.1, 0.15) is 47.5 Å². The first kappa shape index (κ1) is 18.9. The third-order valence-electron chi connectivity index (χ3n) is 4.44. The van der Waals surface area contributed by atoms with Gasteiger partial charge in [-0.25, -0.2) is 0 Å². The van der Waals surface area contributed by atoms with Crippen molar-refractivity contribution in [1.82, 2.24) is 13.9 Å². The smallest absolute Gasteiger partial charge is 0.281 e. The van der Waals surface area contributed by atoms with Gasteiger partial charge in [0.1, 0.15) is 0 Å². The van der Waals surface area contributed by atoms with Gasteiger partial charge in [0.2, 0.25) is 0 Å². The van der Waals surface area contributed by atoms with Crippen LogP contribution in [0.15, 0.2) is 0 Å². The van der Waals surface area contributed by atoms with Crippen molar-refractivity contribution < 1.29 is 8.42 Å². The van der Waals surface area contributed by atoms with Crippen molar-refractivity contribution in [3.05, 3.63) is 0 Å². The third-order valence-corrected chi connectivity index (χ3v) is 6.48. The summed E-state index contributed by atoms with van der Waals surface area (Å²) >= 11 is 0. The highest BCUT2D eigenvalue weighted by Gasteiger charge is 2.38. The maximum absolute atomic E-state index is 12.7. The van der Waals surface area contributed by atoms with Gasteiger partial charge in [-0.15, -0.1) is 0 Å². The third kappa shape index (κ3) is 5.20. The second-order valence-electron chi connectivity index (χ2n) is 6.92. The Hall–Kier alpha value is -0.170. The summed E-state index contributed by atoms with van der Waals surface area (Å²) in [5.74, 6) is 0.849. The Labute approximate surface area is 131 Å². The number of hydrogen-bond acceptors (Lipinski definition) is 3. The van der Waals surface area contributed by atoms with Gasteiger partial charge in [0.15, 0.2) is 0 Å². The minimum absolute atomic E-state index is 0.0856. The Morgan fingerprint density at radius 3 is 2.48 bits per heavy atom. The molecule has 5 nitrogen and oxygen atoms in total. The van der Waals surface area contributed by atoms with Crippen LogP contribution in [0.2, 0.25) is 0 Å². The Kier molecular flexibility index (Phi) is 7.10. The van der Waals surface area contributed by atoms with Crippen LogP contribution in [0.3, 0.4) is 0 Å². The summed E-state index contributed by atoms with van der Waals surface area (Å²) < 4.78 is 28.7. The highest BCUT2D eigenvalue weighted by Crippen LogP contribution is 2.29. The van der Waals surface area contributed by atoms with Crippen LogP contribution in [-0.4, -0.2) is 55.8 Å². The molecular weight excluding hydrogens is 286 g/mol. The van der Waals surface area contributed by atoms with E-state index in [1.807, 2.05) is 6.92 Å². The molecule has 0 aliphatic carbocycles. The summed E-state index contributed by atoms with van der Waals surface area (Å²) in [4.78, 5) is 0. The van der Waals surface area contributed by atoms with Gasteiger partial charge in [0.25, 0.3) is 10.2 Å². The summed E-state index contributed by atoms with van der Waals surface area (Å²) in [5, 5.41) is 3.32. The van der Waals surface area contributed by atoms with Crippen molar-refractivity contribution in [1.29, 1.82) is 0 Å². The fraction of sp³-hybridized carbons (Fsp3) is 1.00. The zero-order valence-corrected chi connectivity index (χ0v) is 15.3. The molecule has 0 bridgehead atoms. The van der Waals surface area contributed by atoms with Crippen LogP contribution in [0.4, 0.5) is 0 Å². The standard InChI is InChI=1S/C15H33N3O2S/c1-12(2)16-8-7-9-17(6)21(19,20)18-11-13(3)10-14(4)15(18)5/h12-16H,7-11H2,1-6H3. The van der Waals surface area contributed by atoms with E-state index in [4.69, 9.17) is 0 Å². The van der Waals surface area contributed by atoms with E-state index in [0.29, 0.717) is 31.0 Å². The van der Waals surface area contributed by atoms with Gasteiger partial charge in [-0.3, -0.25) is 0 Å². The molecule has 0 amide bonds. The Balaban J connectivity index is 2.61. The maximum atomic E-state index is 12.7. The van der Waals surface area contributed by atoms with Crippen LogP contribution in [0, 0.1) is 11.8 Å². The molecule has 0 saturated carbocycles. The molecule has 1 aliphatic heterocycles. The Bertz CT molecular complexity index is 411. The number of hydrogen-bond donors (Lipinski definition) is 1. The van der Waals surface area contributed by atoms with E-state index in [1.54, 1.807) is 11.4 Å². The molecule has 0 radical (unpaired) electrons. The van der Waals surface area contributed by atoms with Crippen LogP contribution in [-0.2, 0) is 10.2 Å². The highest BCUT2D eigenvalue weighted by atomic mass is 32.2. The van der Waals surface area contributed by atoms with Gasteiger partial charge in [0.05, 0.1) is 0 Å². The highest BCUT2D eigenvalue weighted by molar-refractivity contribution is 7.86. The first-order valence-electron chi connectivity index (χ1n) is 8.12. The largest absolute Gasteiger partial charge is 0.314 e. The SMILES string of the molecule is CC1CC(C)C(C)N(S(=O)(=O)N(C)CCCNC(C)C)C1. The number of nitrogens with one attached hydrogen (secondary N) is 1. The molecule has 1 rings (SSSR count). The van der Waals surface area contributed by atoms with E-state index >= 15 is 0 Å². The number of nitrogens with zero attached hydrogens (tertiary/aromatic N) is 2. The number of piperidine rings is 1. The predicted octanol–water partition coefficient (Wildman–Crippen LogP) is 1.92. The minimum atomic E-state index is -3.34. The van der Waals surface area contributed by atoms with Crippen molar-refractivity contribution >= 4 is 10.2 Å². The zero-order valence-electron chi connectivity index (χ0n) is 14.5. The van der Waals surface area contributed by atoms with Crippen molar-refractivity contribution in [2.45, 2.75) is 59.5 Å². The van der Waals surface area contributed by atoms with Gasteiger partial charge in [-0.05, 0) is 38.1 Å². The first-order valence-corrected chi connectivity index (χ1v) is 9.52. The molecule has 1 heterocycles. The monoisotopic (exact) mass is 319 g/mol. The van der Waals surface area contributed by atoms with Gasteiger partial charge in [0, 0.05) is 32.2 Å². The fourth-order valence-corrected chi connectivity index (χ4v) is 4.74. The fourth-order valence-electron chi connectivity index (χ4n) is 2.95. The second kappa shape index (κ2) is 7.90. The molecule has 1 saturated heterocycles. The number of rotatable bonds is 7. The van der Waals surface area contributed by atoms with Crippen LogP contribution in [0.25, 0.3) is 0 Å². The molecule has 21 heavy (non-hydrogen) atoms. The lowest BCUT2D eigenvalue weighted by atomic mass is 9.88. The molecule has 3 atom stereocenters. The van der Waals surface area contributed by atoms with E-state index in [9.17, 15) is 8.42 Å². The molecule has 1 N–H and O–H groups in total. The average Bonchev–Trinajstić information content (AvgIpc) is 2.38. The molecule has 1 aliphatic rings. The van der Waals surface area contributed by atoms with Crippen molar-refractivity contribution in [2.75, 3.05) is 26.7 Å². The van der Waals surface area contributed by atoms with Crippen molar-refractivity contribution in [3.63, 3.8) is 0 Å². The lowest BCUT2D eigenvalue weighted by Crippen LogP contribution is -2.53. The van der Waals surface area contributed by atoms with Crippen LogP contribution < -0.4 is 5.32 Å². The average molecular weight is 320 g/mol. The van der Waals surface area contributed by atoms with Gasteiger partial charge in [-0.1, -0.05) is 27.7 Å².